The number of Topliss-reactive ketones (excluding diaryl/α,β-unsaturated/α-hetero) is 1. The topological polar surface area (TPSA) is 116 Å². The van der Waals surface area contributed by atoms with Crippen LogP contribution in [0.1, 0.15) is 21.5 Å². The van der Waals surface area contributed by atoms with Gasteiger partial charge in [-0.25, -0.2) is 4.98 Å². The maximum absolute atomic E-state index is 15.9. The zero-order valence-electron chi connectivity index (χ0n) is 26.4. The van der Waals surface area contributed by atoms with Crippen molar-refractivity contribution < 1.29 is 28.5 Å². The van der Waals surface area contributed by atoms with E-state index in [1.165, 1.54) is 33.3 Å². The minimum Gasteiger partial charge on any atom is -0.493 e. The number of amides is 1. The number of ketones is 1. The zero-order chi connectivity index (χ0) is 32.5. The van der Waals surface area contributed by atoms with Crippen LogP contribution in [0.2, 0.25) is 0 Å². The molecule has 2 aliphatic heterocycles. The molecule has 0 N–H and O–H groups in total. The lowest BCUT2D eigenvalue weighted by molar-refractivity contribution is -0.121. The summed E-state index contributed by atoms with van der Waals surface area (Å²) in [6.45, 7) is 0. The number of fused-ring (bicyclic) bond motifs is 4. The number of carbonyl (C=O) groups excluding carboxylic acids is 2. The third-order valence-electron chi connectivity index (χ3n) is 9.96. The van der Waals surface area contributed by atoms with Crippen molar-refractivity contribution in [2.45, 2.75) is 5.41 Å². The average molecular weight is 626 g/mol. The third kappa shape index (κ3) is 2.91. The van der Waals surface area contributed by atoms with Crippen LogP contribution in [0.15, 0.2) is 54.9 Å². The summed E-state index contributed by atoms with van der Waals surface area (Å²) < 4.78 is 23.9. The van der Waals surface area contributed by atoms with Gasteiger partial charge in [0.25, 0.3) is 0 Å². The molecule has 5 heterocycles. The first-order valence-electron chi connectivity index (χ1n) is 15.0. The highest BCUT2D eigenvalue weighted by Gasteiger charge is 2.62. The van der Waals surface area contributed by atoms with E-state index in [-0.39, 0.29) is 5.75 Å². The molecule has 3 aromatic heterocycles. The molecule has 0 bridgehead atoms. The summed E-state index contributed by atoms with van der Waals surface area (Å²) in [6, 6.07) is 12.9. The van der Waals surface area contributed by atoms with Gasteiger partial charge >= 0.3 is 0 Å². The summed E-state index contributed by atoms with van der Waals surface area (Å²) in [5.74, 6) is 0.990. The molecule has 11 heteroatoms. The lowest BCUT2D eigenvalue weighted by atomic mass is 9.59. The molecule has 11 nitrogen and oxygen atoms in total. The van der Waals surface area contributed by atoms with Crippen molar-refractivity contribution in [3.05, 3.63) is 71.5 Å². The first kappa shape index (κ1) is 27.3. The molecule has 1 amide bonds. The fourth-order valence-corrected chi connectivity index (χ4v) is 8.07. The second-order valence-electron chi connectivity index (χ2n) is 11.8. The van der Waals surface area contributed by atoms with E-state index in [0.717, 1.165) is 11.1 Å². The van der Waals surface area contributed by atoms with Gasteiger partial charge in [-0.05, 0) is 29.8 Å². The molecular formula is C36H27N5O6. The number of anilines is 3. The molecule has 1 aliphatic carbocycles. The van der Waals surface area contributed by atoms with E-state index < -0.39 is 17.1 Å². The van der Waals surface area contributed by atoms with Crippen LogP contribution in [-0.4, -0.2) is 69.2 Å². The Hall–Kier alpha value is -5.97. The minimum absolute atomic E-state index is 0.235. The van der Waals surface area contributed by atoms with Gasteiger partial charge in [0, 0.05) is 64.9 Å². The Kier molecular flexibility index (Phi) is 5.27. The standard InChI is InChI=1S/C36H27N5O6/c1-40-20-12-14-38-29-24(20)25-26-22(16-9-7-8-10-18(16)39-34(26)40)33(42)36(27(25)31(46-5)32(29)47-6)17-15-21(44-3)30(45-4)28-23(17)19(11-13-37-28)41(2)35(36)43/h7-15H,1-6H3/t36-/m1/s1. The number of pyridine rings is 3. The summed E-state index contributed by atoms with van der Waals surface area (Å²) >= 11 is 0. The quantitative estimate of drug-likeness (QED) is 0.230. The van der Waals surface area contributed by atoms with Crippen LogP contribution in [0.25, 0.3) is 43.8 Å². The SMILES string of the molecule is COc1cc2c3c(ccnc3c1OC)N(C)C(=O)[C@]21C(=O)c2c3c(nc4ccccc24)N(C)c2ccnc4c(OC)c(OC)c1c-3c24. The van der Waals surface area contributed by atoms with E-state index >= 15 is 9.59 Å². The number of hydrogen-bond acceptors (Lipinski definition) is 10. The van der Waals surface area contributed by atoms with E-state index in [1.54, 1.807) is 31.6 Å². The van der Waals surface area contributed by atoms with Crippen molar-refractivity contribution in [3.8, 4) is 34.1 Å². The van der Waals surface area contributed by atoms with Gasteiger partial charge in [-0.1, -0.05) is 18.2 Å². The minimum atomic E-state index is -1.96. The summed E-state index contributed by atoms with van der Waals surface area (Å²) in [5.41, 5.74) is 3.50. The van der Waals surface area contributed by atoms with Crippen molar-refractivity contribution in [3.63, 3.8) is 0 Å². The number of aromatic nitrogens is 3. The Bertz CT molecular complexity index is 2460. The summed E-state index contributed by atoms with van der Waals surface area (Å²) in [6.07, 6.45) is 3.32. The van der Waals surface area contributed by atoms with Gasteiger partial charge in [-0.3, -0.25) is 19.6 Å². The van der Waals surface area contributed by atoms with Crippen LogP contribution in [0.4, 0.5) is 17.2 Å². The predicted molar refractivity (Wildman–Crippen MR) is 177 cm³/mol. The Morgan fingerprint density at radius 3 is 2.04 bits per heavy atom. The van der Waals surface area contributed by atoms with E-state index in [1.807, 2.05) is 42.3 Å². The Balaban J connectivity index is 1.63. The van der Waals surface area contributed by atoms with Crippen LogP contribution in [0.3, 0.4) is 0 Å². The van der Waals surface area contributed by atoms with Crippen LogP contribution >= 0.6 is 0 Å². The highest BCUT2D eigenvalue weighted by molar-refractivity contribution is 6.39. The van der Waals surface area contributed by atoms with Gasteiger partial charge < -0.3 is 28.7 Å². The molecule has 47 heavy (non-hydrogen) atoms. The van der Waals surface area contributed by atoms with E-state index in [4.69, 9.17) is 33.9 Å². The second kappa shape index (κ2) is 9.06. The number of methoxy groups -OCH3 is 4. The maximum Gasteiger partial charge on any atom is 0.250 e. The van der Waals surface area contributed by atoms with Crippen molar-refractivity contribution in [1.82, 2.24) is 15.0 Å². The number of nitrogens with zero attached hydrogens (tertiary/aromatic N) is 5. The molecule has 0 radical (unpaired) electrons. The van der Waals surface area contributed by atoms with Crippen molar-refractivity contribution in [2.75, 3.05) is 52.3 Å². The van der Waals surface area contributed by atoms with Crippen LogP contribution in [0, 0.1) is 0 Å². The number of likely N-dealkylation sites (N-methyl/N-ethyl adjacent to an activating group) is 1. The largest absolute Gasteiger partial charge is 0.493 e. The van der Waals surface area contributed by atoms with E-state index in [2.05, 4.69) is 0 Å². The number of rotatable bonds is 4. The molecule has 0 saturated heterocycles. The number of ether oxygens (including phenoxy) is 4. The Labute approximate surface area is 268 Å². The first-order chi connectivity index (χ1) is 22.8. The second-order valence-corrected chi connectivity index (χ2v) is 11.8. The molecule has 0 fully saturated rings. The first-order valence-corrected chi connectivity index (χ1v) is 15.0. The van der Waals surface area contributed by atoms with Gasteiger partial charge in [0.15, 0.2) is 34.2 Å². The fraction of sp³-hybridized carbons (Fsp3) is 0.194. The molecule has 3 aliphatic rings. The number of benzene rings is 3. The Morgan fingerprint density at radius 1 is 0.702 bits per heavy atom. The van der Waals surface area contributed by atoms with E-state index in [9.17, 15) is 0 Å². The molecule has 0 saturated carbocycles. The molecule has 9 rings (SSSR count). The van der Waals surface area contributed by atoms with Crippen molar-refractivity contribution >= 4 is 61.6 Å². The highest BCUT2D eigenvalue weighted by atomic mass is 16.5. The average Bonchev–Trinajstić information content (AvgIpc) is 3.10. The monoisotopic (exact) mass is 625 g/mol. The number of para-hydroxylation sites is 1. The normalized spacial score (nSPS) is 17.2. The van der Waals surface area contributed by atoms with Crippen LogP contribution < -0.4 is 28.7 Å². The highest BCUT2D eigenvalue weighted by Crippen LogP contribution is 2.64. The predicted octanol–water partition coefficient (Wildman–Crippen LogP) is 5.57. The van der Waals surface area contributed by atoms with Crippen molar-refractivity contribution in [1.29, 1.82) is 0 Å². The lowest BCUT2D eigenvalue weighted by Gasteiger charge is -2.46. The van der Waals surface area contributed by atoms with Gasteiger partial charge in [-0.15, -0.1) is 0 Å². The molecular weight excluding hydrogens is 598 g/mol. The molecule has 1 spiro atoms. The van der Waals surface area contributed by atoms with Crippen LogP contribution in [-0.2, 0) is 10.2 Å². The maximum atomic E-state index is 15.9. The van der Waals surface area contributed by atoms with E-state index in [0.29, 0.717) is 83.9 Å². The molecule has 0 unspecified atom stereocenters. The molecule has 6 aromatic rings. The van der Waals surface area contributed by atoms with Gasteiger partial charge in [0.1, 0.15) is 16.9 Å². The van der Waals surface area contributed by atoms with Crippen LogP contribution in [0.5, 0.6) is 23.0 Å². The molecule has 232 valence electrons. The van der Waals surface area contributed by atoms with Crippen molar-refractivity contribution in [2.24, 2.45) is 0 Å². The zero-order valence-corrected chi connectivity index (χ0v) is 26.4. The summed E-state index contributed by atoms with van der Waals surface area (Å²) in [4.78, 5) is 49.4. The Morgan fingerprint density at radius 2 is 1.36 bits per heavy atom. The lowest BCUT2D eigenvalue weighted by Crippen LogP contribution is -2.56. The summed E-state index contributed by atoms with van der Waals surface area (Å²) in [5, 5.41) is 1.95. The third-order valence-corrected chi connectivity index (χ3v) is 9.96. The number of hydrogen-bond donors (Lipinski definition) is 0. The smallest absolute Gasteiger partial charge is 0.250 e. The van der Waals surface area contributed by atoms with Gasteiger partial charge in [0.05, 0.1) is 45.3 Å². The molecule has 1 atom stereocenters. The fourth-order valence-electron chi connectivity index (χ4n) is 8.07. The van der Waals surface area contributed by atoms with Gasteiger partial charge in [0.2, 0.25) is 5.91 Å². The summed E-state index contributed by atoms with van der Waals surface area (Å²) in [7, 11) is 9.69. The van der Waals surface area contributed by atoms with Gasteiger partial charge in [-0.2, -0.15) is 0 Å². The molecule has 3 aromatic carbocycles. The number of carbonyl (C=O) groups is 2.